The summed E-state index contributed by atoms with van der Waals surface area (Å²) in [4.78, 5) is 0. The number of hydrogen-bond acceptors (Lipinski definition) is 0. The molecule has 174 valence electrons. The van der Waals surface area contributed by atoms with E-state index in [1.54, 1.807) is 10.9 Å². The lowest BCUT2D eigenvalue weighted by molar-refractivity contribution is 0.482. The molecule has 2 aromatic carbocycles. The molecule has 33 heavy (non-hydrogen) atoms. The second kappa shape index (κ2) is 11.5. The van der Waals surface area contributed by atoms with E-state index in [-0.39, 0.29) is 7.92 Å². The van der Waals surface area contributed by atoms with Crippen LogP contribution in [0.2, 0.25) is 0 Å². The molecule has 1 atom stereocenters. The Balaban J connectivity index is 1.48. The maximum atomic E-state index is 2.64. The fourth-order valence-corrected chi connectivity index (χ4v) is 13.6. The van der Waals surface area contributed by atoms with E-state index >= 15 is 0 Å². The third kappa shape index (κ3) is 5.39. The summed E-state index contributed by atoms with van der Waals surface area (Å²) in [6.45, 7) is 2.64. The Bertz CT molecular complexity index is 876. The summed E-state index contributed by atoms with van der Waals surface area (Å²) in [6.07, 6.45) is 21.2. The monoisotopic (exact) mass is 474 g/mol. The van der Waals surface area contributed by atoms with Crippen molar-refractivity contribution in [1.82, 2.24) is 0 Å². The molecule has 2 fully saturated rings. The quantitative estimate of drug-likeness (QED) is 0.352. The molecular weight excluding hydrogens is 434 g/mol. The Hall–Kier alpha value is -1.22. The van der Waals surface area contributed by atoms with Crippen LogP contribution in [0.4, 0.5) is 0 Å². The van der Waals surface area contributed by atoms with E-state index in [2.05, 4.69) is 79.7 Å². The Kier molecular flexibility index (Phi) is 8.18. The summed E-state index contributed by atoms with van der Waals surface area (Å²) in [7, 11) is -0.437. The fraction of sp³-hybridized carbons (Fsp3) is 0.484. The molecule has 5 rings (SSSR count). The molecule has 0 nitrogen and oxygen atoms in total. The molecule has 0 aliphatic heterocycles. The Morgan fingerprint density at radius 1 is 0.636 bits per heavy atom. The minimum absolute atomic E-state index is 0.0428. The molecule has 0 heterocycles. The highest BCUT2D eigenvalue weighted by atomic mass is 31.1. The maximum absolute atomic E-state index is 2.64. The minimum atomic E-state index is -0.480. The molecular formula is C31H40P2. The van der Waals surface area contributed by atoms with Crippen LogP contribution >= 0.6 is 15.8 Å². The van der Waals surface area contributed by atoms with Gasteiger partial charge in [0, 0.05) is 5.66 Å². The van der Waals surface area contributed by atoms with Gasteiger partial charge in [0.1, 0.15) is 0 Å². The summed E-state index contributed by atoms with van der Waals surface area (Å²) in [5, 5.41) is 4.68. The van der Waals surface area contributed by atoms with Crippen molar-refractivity contribution in [2.24, 2.45) is 0 Å². The smallest absolute Gasteiger partial charge is 0.00218 e. The van der Waals surface area contributed by atoms with Gasteiger partial charge in [-0.15, -0.1) is 0 Å². The third-order valence-electron chi connectivity index (χ3n) is 8.10. The van der Waals surface area contributed by atoms with Crippen LogP contribution in [0, 0.1) is 0 Å². The molecule has 2 heteroatoms. The van der Waals surface area contributed by atoms with Crippen molar-refractivity contribution in [3.63, 3.8) is 0 Å². The highest BCUT2D eigenvalue weighted by Crippen LogP contribution is 2.63. The standard InChI is InChI=1S/C31H40P2/c1-25(32(26-15-6-2-7-16-26)27-17-8-3-9-18-27)30-23-14-24-31(30)33(28-19-10-4-11-20-28)29-21-12-5-13-22-29/h4-5,10-13,19-27H,2-3,6-9,14-18H2,1H3/t25-/m1/s1. The topological polar surface area (TPSA) is 0 Å². The molecule has 0 radical (unpaired) electrons. The lowest BCUT2D eigenvalue weighted by atomic mass is 9.99. The van der Waals surface area contributed by atoms with Gasteiger partial charge in [-0.3, -0.25) is 0 Å². The number of allylic oxidation sites excluding steroid dienone is 4. The summed E-state index contributed by atoms with van der Waals surface area (Å²) >= 11 is 0. The largest absolute Gasteiger partial charge is 0.0929 e. The van der Waals surface area contributed by atoms with Crippen molar-refractivity contribution in [1.29, 1.82) is 0 Å². The maximum Gasteiger partial charge on any atom is 0.00218 e. The summed E-state index contributed by atoms with van der Waals surface area (Å²) in [5.41, 5.74) is 4.50. The predicted octanol–water partition coefficient (Wildman–Crippen LogP) is 8.87. The van der Waals surface area contributed by atoms with E-state index < -0.39 is 7.92 Å². The predicted molar refractivity (Wildman–Crippen MR) is 150 cm³/mol. The van der Waals surface area contributed by atoms with Crippen molar-refractivity contribution < 1.29 is 0 Å². The molecule has 3 aliphatic rings. The van der Waals surface area contributed by atoms with Crippen LogP contribution in [0.5, 0.6) is 0 Å². The van der Waals surface area contributed by atoms with E-state index in [4.69, 9.17) is 0 Å². The number of rotatable bonds is 7. The van der Waals surface area contributed by atoms with Gasteiger partial charge >= 0.3 is 0 Å². The van der Waals surface area contributed by atoms with Gasteiger partial charge in [-0.2, -0.15) is 0 Å². The SMILES string of the molecule is C[C@H](C1=CCC=C1P(c1ccccc1)c1ccccc1)P(C1CCCCC1)C1CCCCC1. The minimum Gasteiger partial charge on any atom is -0.0929 e. The molecule has 0 spiro atoms. The normalized spacial score (nSPS) is 21.3. The second-order valence-corrected chi connectivity index (χ2v) is 15.5. The number of hydrogen-bond donors (Lipinski definition) is 0. The molecule has 3 aliphatic carbocycles. The zero-order chi connectivity index (χ0) is 22.5. The molecule has 0 unspecified atom stereocenters. The van der Waals surface area contributed by atoms with Gasteiger partial charge in [0.05, 0.1) is 0 Å². The van der Waals surface area contributed by atoms with Gasteiger partial charge < -0.3 is 0 Å². The van der Waals surface area contributed by atoms with Crippen LogP contribution in [-0.4, -0.2) is 17.0 Å². The van der Waals surface area contributed by atoms with Gasteiger partial charge in [-0.1, -0.05) is 126 Å². The van der Waals surface area contributed by atoms with Crippen LogP contribution in [0.3, 0.4) is 0 Å². The van der Waals surface area contributed by atoms with E-state index in [9.17, 15) is 0 Å². The molecule has 0 amide bonds. The first-order valence-electron chi connectivity index (χ1n) is 13.4. The van der Waals surface area contributed by atoms with Gasteiger partial charge in [0.25, 0.3) is 0 Å². The Morgan fingerprint density at radius 3 is 1.61 bits per heavy atom. The fourth-order valence-electron chi connectivity index (χ4n) is 6.56. The highest BCUT2D eigenvalue weighted by Gasteiger charge is 2.38. The van der Waals surface area contributed by atoms with Crippen LogP contribution in [0.25, 0.3) is 0 Å². The van der Waals surface area contributed by atoms with Gasteiger partial charge in [0.15, 0.2) is 0 Å². The van der Waals surface area contributed by atoms with Crippen molar-refractivity contribution in [2.75, 3.05) is 0 Å². The molecule has 0 saturated heterocycles. The van der Waals surface area contributed by atoms with Gasteiger partial charge in [-0.25, -0.2) is 0 Å². The zero-order valence-corrected chi connectivity index (χ0v) is 22.1. The van der Waals surface area contributed by atoms with Gasteiger partial charge in [-0.05, 0) is 72.8 Å². The van der Waals surface area contributed by atoms with E-state index in [0.29, 0.717) is 0 Å². The highest BCUT2D eigenvalue weighted by molar-refractivity contribution is 7.77. The molecule has 0 bridgehead atoms. The van der Waals surface area contributed by atoms with Crippen molar-refractivity contribution in [3.05, 3.63) is 83.7 Å². The first-order chi connectivity index (χ1) is 16.3. The molecule has 2 saturated carbocycles. The summed E-state index contributed by atoms with van der Waals surface area (Å²) in [6, 6.07) is 22.7. The van der Waals surface area contributed by atoms with Crippen LogP contribution in [-0.2, 0) is 0 Å². The van der Waals surface area contributed by atoms with E-state index in [0.717, 1.165) is 23.4 Å². The second-order valence-electron chi connectivity index (χ2n) is 10.2. The lowest BCUT2D eigenvalue weighted by Gasteiger charge is -2.43. The molecule has 0 aromatic heterocycles. The summed E-state index contributed by atoms with van der Waals surface area (Å²) < 4.78 is 0. The Labute approximate surface area is 204 Å². The first kappa shape index (κ1) is 23.5. The average molecular weight is 475 g/mol. The number of benzene rings is 2. The van der Waals surface area contributed by atoms with Crippen LogP contribution in [0.15, 0.2) is 83.7 Å². The first-order valence-corrected chi connectivity index (χ1v) is 16.3. The van der Waals surface area contributed by atoms with E-state index in [1.807, 2.05) is 0 Å². The summed E-state index contributed by atoms with van der Waals surface area (Å²) in [5.74, 6) is 0. The van der Waals surface area contributed by atoms with Crippen LogP contribution in [0.1, 0.15) is 77.6 Å². The van der Waals surface area contributed by atoms with Crippen molar-refractivity contribution in [3.8, 4) is 0 Å². The van der Waals surface area contributed by atoms with E-state index in [1.165, 1.54) is 74.8 Å². The zero-order valence-electron chi connectivity index (χ0n) is 20.3. The molecule has 0 N–H and O–H groups in total. The van der Waals surface area contributed by atoms with Crippen molar-refractivity contribution >= 4 is 26.5 Å². The van der Waals surface area contributed by atoms with Crippen molar-refractivity contribution in [2.45, 2.75) is 94.5 Å². The Morgan fingerprint density at radius 2 is 1.12 bits per heavy atom. The molecule has 2 aromatic rings. The third-order valence-corrected chi connectivity index (χ3v) is 14.5. The van der Waals surface area contributed by atoms with Crippen LogP contribution < -0.4 is 10.6 Å². The average Bonchev–Trinajstić information content (AvgIpc) is 3.36. The van der Waals surface area contributed by atoms with Gasteiger partial charge in [0.2, 0.25) is 0 Å². The lowest BCUT2D eigenvalue weighted by Crippen LogP contribution is -2.27.